The van der Waals surface area contributed by atoms with Crippen LogP contribution in [0.3, 0.4) is 0 Å². The average molecular weight is 486 g/mol. The van der Waals surface area contributed by atoms with Gasteiger partial charge in [-0.15, -0.1) is 5.10 Å². The summed E-state index contributed by atoms with van der Waals surface area (Å²) >= 11 is 0. The third kappa shape index (κ3) is 4.48. The lowest BCUT2D eigenvalue weighted by Gasteiger charge is -2.15. The normalized spacial score (nSPS) is 12.4. The molecule has 3 heterocycles. The van der Waals surface area contributed by atoms with Gasteiger partial charge >= 0.3 is 0 Å². The lowest BCUT2D eigenvalue weighted by molar-refractivity contribution is 0.0172. The van der Waals surface area contributed by atoms with E-state index in [1.165, 1.54) is 24.7 Å². The molecule has 11 heteroatoms. The first-order valence-corrected chi connectivity index (χ1v) is 11.1. The van der Waals surface area contributed by atoms with E-state index in [0.717, 1.165) is 12.5 Å². The number of fused-ring (bicyclic) bond motifs is 1. The molecule has 0 amide bonds. The highest BCUT2D eigenvalue weighted by Gasteiger charge is 2.29. The summed E-state index contributed by atoms with van der Waals surface area (Å²) in [5.74, 6) is -2.52. The van der Waals surface area contributed by atoms with Gasteiger partial charge in [0.25, 0.3) is 5.92 Å². The van der Waals surface area contributed by atoms with E-state index in [-0.39, 0.29) is 17.2 Å². The Kier molecular flexibility index (Phi) is 5.85. The number of halogens is 2. The number of imidazole rings is 1. The summed E-state index contributed by atoms with van der Waals surface area (Å²) in [6.07, 6.45) is 2.86. The lowest BCUT2D eigenvalue weighted by atomic mass is 9.96. The van der Waals surface area contributed by atoms with Crippen molar-refractivity contribution in [2.75, 3.05) is 0 Å². The summed E-state index contributed by atoms with van der Waals surface area (Å²) < 4.78 is 37.4. The molecule has 0 aliphatic heterocycles. The molecule has 5 rings (SSSR count). The highest BCUT2D eigenvalue weighted by Crippen LogP contribution is 2.35. The van der Waals surface area contributed by atoms with Crippen LogP contribution in [0.25, 0.3) is 28.2 Å². The fraction of sp³-hybridized carbons (Fsp3) is 0.200. The molecule has 1 atom stereocenters. The standard InChI is InChI=1S/C25H20F2N8O/c1-16(14-34-15-30-32-33-34)36-18-6-3-5-17(11-18)22-9-10-24-29-13-23(35(24)31-22)19-7-4-8-21(20(19)12-28)25(2,26)27/h3-11,13,15-16H,14H2,1-2H3/t16-/m0/s1. The van der Waals surface area contributed by atoms with Crippen LogP contribution in [0.15, 0.2) is 67.1 Å². The number of tetrazole rings is 1. The monoisotopic (exact) mass is 486 g/mol. The second-order valence-corrected chi connectivity index (χ2v) is 8.35. The van der Waals surface area contributed by atoms with Crippen molar-refractivity contribution in [3.05, 3.63) is 78.2 Å². The van der Waals surface area contributed by atoms with Crippen molar-refractivity contribution in [1.82, 2.24) is 34.8 Å². The van der Waals surface area contributed by atoms with Gasteiger partial charge in [0.15, 0.2) is 5.65 Å². The highest BCUT2D eigenvalue weighted by molar-refractivity contribution is 5.72. The fourth-order valence-electron chi connectivity index (χ4n) is 3.99. The molecule has 0 radical (unpaired) electrons. The molecule has 0 spiro atoms. The van der Waals surface area contributed by atoms with Gasteiger partial charge in [0, 0.05) is 23.6 Å². The summed E-state index contributed by atoms with van der Waals surface area (Å²) in [7, 11) is 0. The quantitative estimate of drug-likeness (QED) is 0.333. The van der Waals surface area contributed by atoms with Crippen molar-refractivity contribution in [1.29, 1.82) is 5.26 Å². The van der Waals surface area contributed by atoms with Crippen molar-refractivity contribution in [3.63, 3.8) is 0 Å². The number of alkyl halides is 2. The Morgan fingerprint density at radius 2 is 1.97 bits per heavy atom. The van der Waals surface area contributed by atoms with E-state index in [4.69, 9.17) is 9.84 Å². The molecule has 36 heavy (non-hydrogen) atoms. The van der Waals surface area contributed by atoms with Crippen LogP contribution >= 0.6 is 0 Å². The summed E-state index contributed by atoms with van der Waals surface area (Å²) in [4.78, 5) is 4.35. The van der Waals surface area contributed by atoms with Crippen LogP contribution in [0.4, 0.5) is 8.78 Å². The van der Waals surface area contributed by atoms with Crippen molar-refractivity contribution >= 4 is 5.65 Å². The number of ether oxygens (including phenoxy) is 1. The van der Waals surface area contributed by atoms with Crippen molar-refractivity contribution in [3.8, 4) is 34.3 Å². The molecular weight excluding hydrogens is 466 g/mol. The van der Waals surface area contributed by atoms with Gasteiger partial charge in [-0.25, -0.2) is 23.0 Å². The Bertz CT molecular complexity index is 1570. The molecular formula is C25H20F2N8O. The number of rotatable bonds is 7. The molecule has 0 bridgehead atoms. The number of nitrogens with zero attached hydrogens (tertiary/aromatic N) is 8. The number of benzene rings is 2. The SMILES string of the molecule is C[C@@H](Cn1cnnn1)Oc1cccc(-c2ccc3ncc(-c4cccc(C(C)(F)F)c4C#N)n3n2)c1. The van der Waals surface area contributed by atoms with Crippen LogP contribution in [0.2, 0.25) is 0 Å². The van der Waals surface area contributed by atoms with Crippen LogP contribution in [-0.2, 0) is 12.5 Å². The number of aromatic nitrogens is 7. The van der Waals surface area contributed by atoms with E-state index in [1.54, 1.807) is 21.3 Å². The molecule has 0 N–H and O–H groups in total. The van der Waals surface area contributed by atoms with E-state index in [1.807, 2.05) is 43.3 Å². The van der Waals surface area contributed by atoms with Crippen LogP contribution in [0.1, 0.15) is 25.0 Å². The zero-order chi connectivity index (χ0) is 25.3. The van der Waals surface area contributed by atoms with Gasteiger partial charge in [-0.05, 0) is 41.6 Å². The Labute approximate surface area is 204 Å². The molecule has 0 fully saturated rings. The summed E-state index contributed by atoms with van der Waals surface area (Å²) in [5.41, 5.74) is 2.27. The molecule has 0 saturated heterocycles. The number of nitriles is 1. The van der Waals surface area contributed by atoms with Crippen LogP contribution < -0.4 is 4.74 Å². The predicted molar refractivity (Wildman–Crippen MR) is 126 cm³/mol. The largest absolute Gasteiger partial charge is 0.489 e. The van der Waals surface area contributed by atoms with Gasteiger partial charge in [0.05, 0.1) is 29.7 Å². The zero-order valence-electron chi connectivity index (χ0n) is 19.4. The van der Waals surface area contributed by atoms with E-state index in [9.17, 15) is 14.0 Å². The van der Waals surface area contributed by atoms with Crippen LogP contribution in [-0.4, -0.2) is 40.9 Å². The molecule has 180 valence electrons. The van der Waals surface area contributed by atoms with Crippen molar-refractivity contribution < 1.29 is 13.5 Å². The first-order chi connectivity index (χ1) is 17.3. The molecule has 0 unspecified atom stereocenters. The first-order valence-electron chi connectivity index (χ1n) is 11.1. The molecule has 0 aliphatic rings. The van der Waals surface area contributed by atoms with E-state index in [0.29, 0.717) is 34.9 Å². The maximum absolute atomic E-state index is 14.1. The molecule has 0 aliphatic carbocycles. The Morgan fingerprint density at radius 1 is 1.14 bits per heavy atom. The topological polar surface area (TPSA) is 107 Å². The average Bonchev–Trinajstić information content (AvgIpc) is 3.52. The van der Waals surface area contributed by atoms with E-state index in [2.05, 4.69) is 20.5 Å². The first kappa shape index (κ1) is 23.0. The Hall–Kier alpha value is -4.72. The van der Waals surface area contributed by atoms with Gasteiger partial charge in [0.1, 0.15) is 24.3 Å². The van der Waals surface area contributed by atoms with E-state index >= 15 is 0 Å². The Morgan fingerprint density at radius 3 is 2.72 bits per heavy atom. The number of hydrogen-bond acceptors (Lipinski definition) is 7. The smallest absolute Gasteiger partial charge is 0.271 e. The molecule has 3 aromatic heterocycles. The number of hydrogen-bond donors (Lipinski definition) is 0. The van der Waals surface area contributed by atoms with E-state index < -0.39 is 5.92 Å². The maximum Gasteiger partial charge on any atom is 0.271 e. The second kappa shape index (κ2) is 9.14. The minimum atomic E-state index is -3.16. The van der Waals surface area contributed by atoms with Gasteiger partial charge < -0.3 is 4.74 Å². The molecule has 2 aromatic carbocycles. The van der Waals surface area contributed by atoms with Crippen molar-refractivity contribution in [2.45, 2.75) is 32.4 Å². The van der Waals surface area contributed by atoms with Gasteiger partial charge in [-0.2, -0.15) is 10.4 Å². The summed E-state index contributed by atoms with van der Waals surface area (Å²) in [6.45, 7) is 3.17. The third-order valence-electron chi connectivity index (χ3n) is 5.59. The molecule has 0 saturated carbocycles. The zero-order valence-corrected chi connectivity index (χ0v) is 19.4. The minimum absolute atomic E-state index is 0.106. The second-order valence-electron chi connectivity index (χ2n) is 8.35. The van der Waals surface area contributed by atoms with Gasteiger partial charge in [-0.3, -0.25) is 0 Å². The fourth-order valence-corrected chi connectivity index (χ4v) is 3.99. The summed E-state index contributed by atoms with van der Waals surface area (Å²) in [5, 5.41) is 25.5. The maximum atomic E-state index is 14.1. The van der Waals surface area contributed by atoms with Crippen LogP contribution in [0.5, 0.6) is 5.75 Å². The predicted octanol–water partition coefficient (Wildman–Crippen LogP) is 4.50. The minimum Gasteiger partial charge on any atom is -0.489 e. The Balaban J connectivity index is 1.50. The molecule has 9 nitrogen and oxygen atoms in total. The summed E-state index contributed by atoms with van der Waals surface area (Å²) in [6, 6.07) is 17.4. The third-order valence-corrected chi connectivity index (χ3v) is 5.59. The van der Waals surface area contributed by atoms with Crippen molar-refractivity contribution in [2.24, 2.45) is 0 Å². The van der Waals surface area contributed by atoms with Gasteiger partial charge in [-0.1, -0.05) is 30.3 Å². The highest BCUT2D eigenvalue weighted by atomic mass is 19.3. The van der Waals surface area contributed by atoms with Gasteiger partial charge in [0.2, 0.25) is 0 Å². The van der Waals surface area contributed by atoms with Crippen LogP contribution in [0, 0.1) is 11.3 Å². The molecule has 5 aromatic rings. The lowest BCUT2D eigenvalue weighted by Crippen LogP contribution is -2.20.